The molecule has 1 aliphatic heterocycles. The van der Waals surface area contributed by atoms with Crippen LogP contribution in [0.2, 0.25) is 0 Å². The van der Waals surface area contributed by atoms with Crippen LogP contribution >= 0.6 is 0 Å². The fourth-order valence-electron chi connectivity index (χ4n) is 2.69. The highest BCUT2D eigenvalue weighted by Gasteiger charge is 2.23. The van der Waals surface area contributed by atoms with Crippen molar-refractivity contribution in [2.45, 2.75) is 27.2 Å². The molecule has 1 aromatic rings. The number of aryl methyl sites for hydroxylation is 1. The summed E-state index contributed by atoms with van der Waals surface area (Å²) >= 11 is 0. The number of rotatable bonds is 5. The number of nitrogens with zero attached hydrogens (tertiary/aromatic N) is 2. The van der Waals surface area contributed by atoms with E-state index in [0.717, 1.165) is 62.5 Å². The lowest BCUT2D eigenvalue weighted by Gasteiger charge is -2.34. The summed E-state index contributed by atoms with van der Waals surface area (Å²) < 4.78 is 0. The molecule has 1 N–H and O–H groups in total. The number of nitrogens with one attached hydrogen (secondary N) is 1. The van der Waals surface area contributed by atoms with E-state index in [0.29, 0.717) is 0 Å². The lowest BCUT2D eigenvalue weighted by Crippen LogP contribution is -2.48. The molecule has 4 heteroatoms. The fourth-order valence-corrected chi connectivity index (χ4v) is 2.69. The van der Waals surface area contributed by atoms with Gasteiger partial charge in [0.15, 0.2) is 0 Å². The molecule has 0 unspecified atom stereocenters. The van der Waals surface area contributed by atoms with Crippen molar-refractivity contribution in [1.82, 2.24) is 9.80 Å². The number of anilines is 1. The van der Waals surface area contributed by atoms with Crippen LogP contribution in [0.15, 0.2) is 18.2 Å². The van der Waals surface area contributed by atoms with Gasteiger partial charge in [-0.05, 0) is 32.0 Å². The van der Waals surface area contributed by atoms with Crippen LogP contribution in [0.3, 0.4) is 0 Å². The average molecular weight is 289 g/mol. The van der Waals surface area contributed by atoms with Crippen molar-refractivity contribution < 1.29 is 4.79 Å². The monoisotopic (exact) mass is 289 g/mol. The largest absolute Gasteiger partial charge is 0.384 e. The lowest BCUT2D eigenvalue weighted by atomic mass is 10.1. The Morgan fingerprint density at radius 2 is 1.90 bits per heavy atom. The van der Waals surface area contributed by atoms with Gasteiger partial charge in [-0.3, -0.25) is 4.79 Å². The van der Waals surface area contributed by atoms with Crippen molar-refractivity contribution in [2.24, 2.45) is 0 Å². The van der Waals surface area contributed by atoms with Gasteiger partial charge >= 0.3 is 0 Å². The van der Waals surface area contributed by atoms with Gasteiger partial charge in [-0.15, -0.1) is 0 Å². The zero-order valence-corrected chi connectivity index (χ0v) is 13.5. The fraction of sp³-hybridized carbons (Fsp3) is 0.588. The van der Waals surface area contributed by atoms with E-state index < -0.39 is 0 Å². The van der Waals surface area contributed by atoms with E-state index in [2.05, 4.69) is 30.1 Å². The van der Waals surface area contributed by atoms with Crippen LogP contribution in [-0.4, -0.2) is 55.0 Å². The summed E-state index contributed by atoms with van der Waals surface area (Å²) in [4.78, 5) is 17.2. The van der Waals surface area contributed by atoms with Gasteiger partial charge in [0.25, 0.3) is 5.91 Å². The number of hydrogen-bond donors (Lipinski definition) is 1. The first-order valence-corrected chi connectivity index (χ1v) is 8.01. The molecule has 1 fully saturated rings. The van der Waals surface area contributed by atoms with Gasteiger partial charge in [-0.1, -0.05) is 25.5 Å². The molecule has 0 aromatic heterocycles. The first-order chi connectivity index (χ1) is 10.2. The van der Waals surface area contributed by atoms with Crippen LogP contribution in [0.1, 0.15) is 36.2 Å². The Labute approximate surface area is 128 Å². The lowest BCUT2D eigenvalue weighted by molar-refractivity contribution is 0.0644. The molecule has 2 rings (SSSR count). The zero-order chi connectivity index (χ0) is 15.2. The summed E-state index contributed by atoms with van der Waals surface area (Å²) in [5.74, 6) is 0.160. The van der Waals surface area contributed by atoms with E-state index >= 15 is 0 Å². The number of hydrogen-bond acceptors (Lipinski definition) is 3. The van der Waals surface area contributed by atoms with Gasteiger partial charge in [0.05, 0.1) is 5.56 Å². The minimum atomic E-state index is 0.160. The minimum absolute atomic E-state index is 0.160. The van der Waals surface area contributed by atoms with Crippen LogP contribution in [0.4, 0.5) is 5.69 Å². The highest BCUT2D eigenvalue weighted by Crippen LogP contribution is 2.20. The van der Waals surface area contributed by atoms with Gasteiger partial charge in [0, 0.05) is 38.4 Å². The van der Waals surface area contributed by atoms with Gasteiger partial charge in [-0.25, -0.2) is 0 Å². The first kappa shape index (κ1) is 15.8. The smallest absolute Gasteiger partial charge is 0.256 e. The minimum Gasteiger partial charge on any atom is -0.384 e. The topological polar surface area (TPSA) is 35.6 Å². The Bertz CT molecular complexity index is 479. The van der Waals surface area contributed by atoms with E-state index in [-0.39, 0.29) is 5.91 Å². The van der Waals surface area contributed by atoms with Crippen molar-refractivity contribution in [2.75, 3.05) is 44.6 Å². The third kappa shape index (κ3) is 3.97. The van der Waals surface area contributed by atoms with Crippen molar-refractivity contribution >= 4 is 11.6 Å². The SMILES string of the molecule is CCCNc1ccc(C)cc1C(=O)N1CCN(CC)CC1. The number of amides is 1. The van der Waals surface area contributed by atoms with Crippen LogP contribution in [0.25, 0.3) is 0 Å². The third-order valence-corrected chi connectivity index (χ3v) is 4.08. The Hall–Kier alpha value is -1.55. The molecule has 1 heterocycles. The summed E-state index contributed by atoms with van der Waals surface area (Å²) in [6.45, 7) is 11.9. The van der Waals surface area contributed by atoms with Crippen molar-refractivity contribution in [3.63, 3.8) is 0 Å². The van der Waals surface area contributed by atoms with Crippen LogP contribution in [0.5, 0.6) is 0 Å². The molecule has 0 spiro atoms. The number of benzene rings is 1. The molecule has 0 aliphatic carbocycles. The van der Waals surface area contributed by atoms with Gasteiger partial charge in [0.2, 0.25) is 0 Å². The second-order valence-electron chi connectivity index (χ2n) is 5.70. The molecule has 116 valence electrons. The predicted molar refractivity (Wildman–Crippen MR) is 88.0 cm³/mol. The Morgan fingerprint density at radius 1 is 1.19 bits per heavy atom. The number of likely N-dealkylation sites (N-methyl/N-ethyl adjacent to an activating group) is 1. The van der Waals surface area contributed by atoms with Gasteiger partial charge < -0.3 is 15.1 Å². The van der Waals surface area contributed by atoms with E-state index in [1.165, 1.54) is 0 Å². The summed E-state index contributed by atoms with van der Waals surface area (Å²) in [6.07, 6.45) is 1.05. The molecular weight excluding hydrogens is 262 g/mol. The molecule has 0 atom stereocenters. The van der Waals surface area contributed by atoms with E-state index in [1.54, 1.807) is 0 Å². The Kier molecular flexibility index (Phi) is 5.62. The van der Waals surface area contributed by atoms with Crippen LogP contribution in [0, 0.1) is 6.92 Å². The molecule has 1 aliphatic rings. The molecule has 0 radical (unpaired) electrons. The normalized spacial score (nSPS) is 16.0. The Balaban J connectivity index is 2.12. The highest BCUT2D eigenvalue weighted by atomic mass is 16.2. The number of piperazine rings is 1. The standard InChI is InChI=1S/C17H27N3O/c1-4-8-18-16-7-6-14(3)13-15(16)17(21)20-11-9-19(5-2)10-12-20/h6-7,13,18H,4-5,8-12H2,1-3H3. The van der Waals surface area contributed by atoms with Crippen LogP contribution in [-0.2, 0) is 0 Å². The summed E-state index contributed by atoms with van der Waals surface area (Å²) in [5, 5.41) is 3.37. The van der Waals surface area contributed by atoms with E-state index in [9.17, 15) is 4.79 Å². The second kappa shape index (κ2) is 7.46. The predicted octanol–water partition coefficient (Wildman–Crippen LogP) is 2.59. The summed E-state index contributed by atoms with van der Waals surface area (Å²) in [7, 11) is 0. The molecule has 0 saturated carbocycles. The quantitative estimate of drug-likeness (QED) is 0.905. The van der Waals surface area contributed by atoms with E-state index in [1.807, 2.05) is 24.0 Å². The molecule has 21 heavy (non-hydrogen) atoms. The molecule has 4 nitrogen and oxygen atoms in total. The van der Waals surface area contributed by atoms with Gasteiger partial charge in [0.1, 0.15) is 0 Å². The molecular formula is C17H27N3O. The van der Waals surface area contributed by atoms with Crippen molar-refractivity contribution in [1.29, 1.82) is 0 Å². The van der Waals surface area contributed by atoms with Crippen molar-refractivity contribution in [3.05, 3.63) is 29.3 Å². The average Bonchev–Trinajstić information content (AvgIpc) is 2.53. The molecule has 0 bridgehead atoms. The molecule has 1 amide bonds. The Morgan fingerprint density at radius 3 is 2.52 bits per heavy atom. The van der Waals surface area contributed by atoms with Crippen LogP contribution < -0.4 is 5.32 Å². The van der Waals surface area contributed by atoms with E-state index in [4.69, 9.17) is 0 Å². The van der Waals surface area contributed by atoms with Gasteiger partial charge in [-0.2, -0.15) is 0 Å². The highest BCUT2D eigenvalue weighted by molar-refractivity contribution is 5.99. The second-order valence-corrected chi connectivity index (χ2v) is 5.70. The number of carbonyl (C=O) groups is 1. The maximum absolute atomic E-state index is 12.8. The molecule has 1 aromatic carbocycles. The summed E-state index contributed by atoms with van der Waals surface area (Å²) in [5.41, 5.74) is 2.91. The zero-order valence-electron chi connectivity index (χ0n) is 13.5. The number of carbonyl (C=O) groups excluding carboxylic acids is 1. The van der Waals surface area contributed by atoms with Crippen molar-refractivity contribution in [3.8, 4) is 0 Å². The first-order valence-electron chi connectivity index (χ1n) is 8.01. The maximum Gasteiger partial charge on any atom is 0.256 e. The molecule has 1 saturated heterocycles. The third-order valence-electron chi connectivity index (χ3n) is 4.08. The summed E-state index contributed by atoms with van der Waals surface area (Å²) in [6, 6.07) is 6.09. The maximum atomic E-state index is 12.8.